The fraction of sp³-hybridized carbons (Fsp3) is 0.429. The van der Waals surface area contributed by atoms with Crippen molar-refractivity contribution in [3.05, 3.63) is 30.6 Å². The van der Waals surface area contributed by atoms with Crippen LogP contribution in [0.4, 0.5) is 5.82 Å². The minimum absolute atomic E-state index is 0.323. The number of piperidine rings is 1. The number of para-hydroxylation sites is 1. The van der Waals surface area contributed by atoms with Crippen LogP contribution in [-0.2, 0) is 0 Å². The Labute approximate surface area is 107 Å². The Bertz CT molecular complexity index is 549. The molecule has 0 radical (unpaired) electrons. The molecule has 1 saturated heterocycles. The third-order valence-corrected chi connectivity index (χ3v) is 3.71. The second-order valence-electron chi connectivity index (χ2n) is 5.04. The van der Waals surface area contributed by atoms with Crippen LogP contribution >= 0.6 is 0 Å². The summed E-state index contributed by atoms with van der Waals surface area (Å²) in [5.41, 5.74) is 7.02. The smallest absolute Gasteiger partial charge is 0.140 e. The van der Waals surface area contributed by atoms with E-state index in [2.05, 4.69) is 27.9 Å². The van der Waals surface area contributed by atoms with E-state index in [9.17, 15) is 0 Å². The molecule has 18 heavy (non-hydrogen) atoms. The van der Waals surface area contributed by atoms with Crippen molar-refractivity contribution in [1.29, 1.82) is 0 Å². The number of hydrogen-bond acceptors (Lipinski definition) is 4. The molecule has 0 spiro atoms. The van der Waals surface area contributed by atoms with Gasteiger partial charge in [-0.1, -0.05) is 12.1 Å². The van der Waals surface area contributed by atoms with Gasteiger partial charge in [-0.05, 0) is 31.9 Å². The van der Waals surface area contributed by atoms with Gasteiger partial charge in [0.1, 0.15) is 12.1 Å². The maximum atomic E-state index is 6.02. The summed E-state index contributed by atoms with van der Waals surface area (Å²) < 4.78 is 0. The predicted molar refractivity (Wildman–Crippen MR) is 73.6 cm³/mol. The molecule has 1 fully saturated rings. The highest BCUT2D eigenvalue weighted by atomic mass is 15.2. The van der Waals surface area contributed by atoms with Crippen molar-refractivity contribution >= 4 is 16.7 Å². The summed E-state index contributed by atoms with van der Waals surface area (Å²) in [5, 5.41) is 1.13. The highest BCUT2D eigenvalue weighted by Gasteiger charge is 2.25. The van der Waals surface area contributed by atoms with E-state index in [1.807, 2.05) is 18.2 Å². The molecular weight excluding hydrogens is 224 g/mol. The Morgan fingerprint density at radius 1 is 1.28 bits per heavy atom. The summed E-state index contributed by atoms with van der Waals surface area (Å²) in [6, 6.07) is 8.92. The molecule has 4 nitrogen and oxygen atoms in total. The first kappa shape index (κ1) is 11.4. The van der Waals surface area contributed by atoms with E-state index >= 15 is 0 Å². The van der Waals surface area contributed by atoms with Crippen molar-refractivity contribution in [3.8, 4) is 0 Å². The summed E-state index contributed by atoms with van der Waals surface area (Å²) in [6.45, 7) is 3.19. The SMILES string of the molecule is CC1CC(N)CCN1c1ncnc2ccccc12. The van der Waals surface area contributed by atoms with E-state index in [0.29, 0.717) is 12.1 Å². The van der Waals surface area contributed by atoms with E-state index < -0.39 is 0 Å². The summed E-state index contributed by atoms with van der Waals surface area (Å²) in [4.78, 5) is 11.1. The maximum absolute atomic E-state index is 6.02. The summed E-state index contributed by atoms with van der Waals surface area (Å²) in [5.74, 6) is 1.04. The molecule has 0 amide bonds. The highest BCUT2D eigenvalue weighted by molar-refractivity contribution is 5.89. The van der Waals surface area contributed by atoms with Crippen molar-refractivity contribution in [3.63, 3.8) is 0 Å². The molecule has 1 aromatic carbocycles. The average molecular weight is 242 g/mol. The molecule has 4 heteroatoms. The fourth-order valence-corrected chi connectivity index (χ4v) is 2.74. The number of nitrogens with zero attached hydrogens (tertiary/aromatic N) is 3. The predicted octanol–water partition coefficient (Wildman–Crippen LogP) is 1.95. The van der Waals surface area contributed by atoms with Gasteiger partial charge in [0, 0.05) is 24.0 Å². The number of nitrogens with two attached hydrogens (primary N) is 1. The number of anilines is 1. The lowest BCUT2D eigenvalue weighted by Crippen LogP contribution is -2.46. The topological polar surface area (TPSA) is 55.0 Å². The summed E-state index contributed by atoms with van der Waals surface area (Å²) >= 11 is 0. The standard InChI is InChI=1S/C14H18N4/c1-10-8-11(15)6-7-18(10)14-12-4-2-3-5-13(12)16-9-17-14/h2-5,9-11H,6-8,15H2,1H3. The van der Waals surface area contributed by atoms with Gasteiger partial charge in [-0.25, -0.2) is 9.97 Å². The highest BCUT2D eigenvalue weighted by Crippen LogP contribution is 2.28. The molecule has 0 aliphatic carbocycles. The zero-order valence-electron chi connectivity index (χ0n) is 10.6. The Morgan fingerprint density at radius 2 is 2.11 bits per heavy atom. The zero-order valence-corrected chi connectivity index (χ0v) is 10.6. The first-order valence-corrected chi connectivity index (χ1v) is 6.47. The summed E-state index contributed by atoms with van der Waals surface area (Å²) in [7, 11) is 0. The molecule has 1 aliphatic rings. The van der Waals surface area contributed by atoms with Crippen molar-refractivity contribution in [2.75, 3.05) is 11.4 Å². The van der Waals surface area contributed by atoms with Gasteiger partial charge in [-0.3, -0.25) is 0 Å². The van der Waals surface area contributed by atoms with Crippen LogP contribution < -0.4 is 10.6 Å². The largest absolute Gasteiger partial charge is 0.353 e. The van der Waals surface area contributed by atoms with Gasteiger partial charge >= 0.3 is 0 Å². The Kier molecular flexibility index (Phi) is 2.88. The second kappa shape index (κ2) is 4.53. The van der Waals surface area contributed by atoms with Crippen LogP contribution in [0.25, 0.3) is 10.9 Å². The third kappa shape index (κ3) is 1.93. The van der Waals surface area contributed by atoms with Crippen molar-refractivity contribution in [2.45, 2.75) is 31.8 Å². The van der Waals surface area contributed by atoms with Crippen LogP contribution in [0.2, 0.25) is 0 Å². The Hall–Kier alpha value is -1.68. The van der Waals surface area contributed by atoms with Gasteiger partial charge in [-0.15, -0.1) is 0 Å². The molecule has 2 heterocycles. The molecule has 1 aliphatic heterocycles. The molecule has 2 atom stereocenters. The van der Waals surface area contributed by atoms with Crippen LogP contribution in [-0.4, -0.2) is 28.6 Å². The van der Waals surface area contributed by atoms with Crippen LogP contribution in [0.15, 0.2) is 30.6 Å². The van der Waals surface area contributed by atoms with Crippen LogP contribution in [0.3, 0.4) is 0 Å². The first-order valence-electron chi connectivity index (χ1n) is 6.47. The van der Waals surface area contributed by atoms with Crippen molar-refractivity contribution in [2.24, 2.45) is 5.73 Å². The molecule has 2 N–H and O–H groups in total. The molecule has 94 valence electrons. The minimum atomic E-state index is 0.323. The normalized spacial score (nSPS) is 24.4. The molecular formula is C14H18N4. The van der Waals surface area contributed by atoms with Gasteiger partial charge in [0.25, 0.3) is 0 Å². The maximum Gasteiger partial charge on any atom is 0.140 e. The minimum Gasteiger partial charge on any atom is -0.353 e. The number of aromatic nitrogens is 2. The molecule has 3 rings (SSSR count). The van der Waals surface area contributed by atoms with Gasteiger partial charge in [0.2, 0.25) is 0 Å². The third-order valence-electron chi connectivity index (χ3n) is 3.71. The quantitative estimate of drug-likeness (QED) is 0.830. The molecule has 0 bridgehead atoms. The average Bonchev–Trinajstić information content (AvgIpc) is 2.38. The molecule has 2 aromatic rings. The lowest BCUT2D eigenvalue weighted by Gasteiger charge is -2.37. The first-order chi connectivity index (χ1) is 8.75. The van der Waals surface area contributed by atoms with E-state index in [1.54, 1.807) is 6.33 Å². The van der Waals surface area contributed by atoms with E-state index in [-0.39, 0.29) is 0 Å². The van der Waals surface area contributed by atoms with Crippen LogP contribution in [0.1, 0.15) is 19.8 Å². The van der Waals surface area contributed by atoms with Crippen LogP contribution in [0.5, 0.6) is 0 Å². The summed E-state index contributed by atoms with van der Waals surface area (Å²) in [6.07, 6.45) is 3.71. The van der Waals surface area contributed by atoms with Gasteiger partial charge in [0.05, 0.1) is 5.52 Å². The van der Waals surface area contributed by atoms with E-state index in [0.717, 1.165) is 36.1 Å². The molecule has 2 unspecified atom stereocenters. The number of hydrogen-bond donors (Lipinski definition) is 1. The molecule has 0 saturated carbocycles. The number of rotatable bonds is 1. The van der Waals surface area contributed by atoms with Gasteiger partial charge in [0.15, 0.2) is 0 Å². The lowest BCUT2D eigenvalue weighted by molar-refractivity contribution is 0.428. The van der Waals surface area contributed by atoms with Crippen LogP contribution in [0, 0.1) is 0 Å². The lowest BCUT2D eigenvalue weighted by atomic mass is 9.99. The monoisotopic (exact) mass is 242 g/mol. The number of benzene rings is 1. The van der Waals surface area contributed by atoms with Crippen molar-refractivity contribution in [1.82, 2.24) is 9.97 Å². The fourth-order valence-electron chi connectivity index (χ4n) is 2.74. The van der Waals surface area contributed by atoms with Crippen molar-refractivity contribution < 1.29 is 0 Å². The second-order valence-corrected chi connectivity index (χ2v) is 5.04. The molecule has 1 aromatic heterocycles. The number of fused-ring (bicyclic) bond motifs is 1. The van der Waals surface area contributed by atoms with E-state index in [4.69, 9.17) is 5.73 Å². The Balaban J connectivity index is 2.04. The van der Waals surface area contributed by atoms with Gasteiger partial charge in [-0.2, -0.15) is 0 Å². The Morgan fingerprint density at radius 3 is 2.94 bits per heavy atom. The van der Waals surface area contributed by atoms with Gasteiger partial charge < -0.3 is 10.6 Å². The van der Waals surface area contributed by atoms with E-state index in [1.165, 1.54) is 0 Å². The zero-order chi connectivity index (χ0) is 12.5.